The molecule has 1 aromatic heterocycles. The van der Waals surface area contributed by atoms with Gasteiger partial charge >= 0.3 is 0 Å². The molecule has 6 nitrogen and oxygen atoms in total. The van der Waals surface area contributed by atoms with Gasteiger partial charge in [-0.15, -0.1) is 11.3 Å². The zero-order chi connectivity index (χ0) is 16.8. The van der Waals surface area contributed by atoms with E-state index in [-0.39, 0.29) is 5.75 Å². The lowest BCUT2D eigenvalue weighted by atomic mass is 10.2. The first-order valence-corrected chi connectivity index (χ1v) is 8.08. The van der Waals surface area contributed by atoms with Gasteiger partial charge in [-0.3, -0.25) is 4.99 Å². The number of benzene rings is 1. The maximum atomic E-state index is 9.89. The fourth-order valence-electron chi connectivity index (χ4n) is 2.00. The molecule has 0 fully saturated rings. The number of aryl methyl sites for hydroxylation is 2. The second-order valence-corrected chi connectivity index (χ2v) is 6.31. The van der Waals surface area contributed by atoms with Crippen LogP contribution in [0.2, 0.25) is 0 Å². The molecule has 23 heavy (non-hydrogen) atoms. The van der Waals surface area contributed by atoms with Gasteiger partial charge in [-0.2, -0.15) is 0 Å². The lowest BCUT2D eigenvalue weighted by Crippen LogP contribution is -2.36. The summed E-state index contributed by atoms with van der Waals surface area (Å²) < 4.78 is 5.17. The summed E-state index contributed by atoms with van der Waals surface area (Å²) in [5, 5.41) is 17.3. The Bertz CT molecular complexity index is 678. The van der Waals surface area contributed by atoms with Gasteiger partial charge in [0.05, 0.1) is 19.3 Å². The molecular weight excluding hydrogens is 312 g/mol. The second-order valence-electron chi connectivity index (χ2n) is 5.02. The van der Waals surface area contributed by atoms with Crippen molar-refractivity contribution in [1.29, 1.82) is 0 Å². The summed E-state index contributed by atoms with van der Waals surface area (Å²) in [6.45, 7) is 5.13. The third-order valence-corrected chi connectivity index (χ3v) is 4.51. The smallest absolute Gasteiger partial charge is 0.191 e. The maximum absolute atomic E-state index is 9.89. The Balaban J connectivity index is 1.92. The number of phenolic OH excluding ortho intramolecular Hbond substituents is 1. The van der Waals surface area contributed by atoms with E-state index < -0.39 is 0 Å². The van der Waals surface area contributed by atoms with Crippen LogP contribution in [-0.4, -0.2) is 30.2 Å². The number of ether oxygens (including phenoxy) is 1. The molecular formula is C16H22N4O2S. The molecule has 2 aromatic rings. The number of aromatic nitrogens is 1. The summed E-state index contributed by atoms with van der Waals surface area (Å²) in [4.78, 5) is 9.89. The van der Waals surface area contributed by atoms with Gasteiger partial charge in [0.1, 0.15) is 16.5 Å². The molecule has 0 aliphatic rings. The van der Waals surface area contributed by atoms with Crippen molar-refractivity contribution in [3.05, 3.63) is 39.3 Å². The zero-order valence-corrected chi connectivity index (χ0v) is 14.6. The number of aromatic hydroxyl groups is 1. The number of nitrogens with zero attached hydrogens (tertiary/aromatic N) is 2. The largest absolute Gasteiger partial charge is 0.508 e. The molecule has 0 bridgehead atoms. The van der Waals surface area contributed by atoms with E-state index in [4.69, 9.17) is 4.74 Å². The quantitative estimate of drug-likeness (QED) is 0.578. The second kappa shape index (κ2) is 7.82. The molecule has 1 aromatic carbocycles. The number of methoxy groups -OCH3 is 1. The Morgan fingerprint density at radius 2 is 2.04 bits per heavy atom. The van der Waals surface area contributed by atoms with Gasteiger partial charge < -0.3 is 20.5 Å². The van der Waals surface area contributed by atoms with Crippen LogP contribution in [0.5, 0.6) is 11.5 Å². The summed E-state index contributed by atoms with van der Waals surface area (Å²) in [7, 11) is 3.31. The Kier molecular flexibility index (Phi) is 5.81. The lowest BCUT2D eigenvalue weighted by molar-refractivity contribution is 0.410. The van der Waals surface area contributed by atoms with Crippen molar-refractivity contribution in [3.8, 4) is 11.5 Å². The highest BCUT2D eigenvalue weighted by Crippen LogP contribution is 2.22. The van der Waals surface area contributed by atoms with Crippen LogP contribution in [0.1, 0.15) is 21.1 Å². The minimum Gasteiger partial charge on any atom is -0.508 e. The molecule has 3 N–H and O–H groups in total. The average Bonchev–Trinajstić information content (AvgIpc) is 2.87. The number of hydrogen-bond donors (Lipinski definition) is 3. The predicted molar refractivity (Wildman–Crippen MR) is 93.3 cm³/mol. The highest BCUT2D eigenvalue weighted by atomic mass is 32.1. The van der Waals surface area contributed by atoms with Crippen LogP contribution in [-0.2, 0) is 13.1 Å². The van der Waals surface area contributed by atoms with Gasteiger partial charge in [0.15, 0.2) is 5.96 Å². The molecule has 2 rings (SSSR count). The molecule has 0 amide bonds. The number of thiazole rings is 1. The lowest BCUT2D eigenvalue weighted by Gasteiger charge is -2.12. The molecule has 0 aliphatic carbocycles. The van der Waals surface area contributed by atoms with Crippen LogP contribution >= 0.6 is 11.3 Å². The van der Waals surface area contributed by atoms with Crippen LogP contribution in [0.25, 0.3) is 0 Å². The van der Waals surface area contributed by atoms with Gasteiger partial charge in [-0.25, -0.2) is 4.98 Å². The topological polar surface area (TPSA) is 78.8 Å². The fourth-order valence-corrected chi connectivity index (χ4v) is 2.88. The third-order valence-electron chi connectivity index (χ3n) is 3.44. The van der Waals surface area contributed by atoms with Crippen molar-refractivity contribution in [2.45, 2.75) is 26.9 Å². The summed E-state index contributed by atoms with van der Waals surface area (Å²) in [5.41, 5.74) is 1.81. The van der Waals surface area contributed by atoms with E-state index >= 15 is 0 Å². The van der Waals surface area contributed by atoms with Gasteiger partial charge in [-0.1, -0.05) is 0 Å². The normalized spacial score (nSPS) is 11.4. The first kappa shape index (κ1) is 17.1. The number of guanidine groups is 1. The summed E-state index contributed by atoms with van der Waals surface area (Å²) in [6, 6.07) is 5.13. The maximum Gasteiger partial charge on any atom is 0.191 e. The summed E-state index contributed by atoms with van der Waals surface area (Å²) in [6.07, 6.45) is 0. The van der Waals surface area contributed by atoms with Crippen molar-refractivity contribution in [2.75, 3.05) is 14.2 Å². The van der Waals surface area contributed by atoms with Crippen LogP contribution in [0, 0.1) is 13.8 Å². The minimum atomic E-state index is 0.222. The molecule has 7 heteroatoms. The highest BCUT2D eigenvalue weighted by Gasteiger charge is 2.07. The molecule has 124 valence electrons. The van der Waals surface area contributed by atoms with Crippen LogP contribution in [0.3, 0.4) is 0 Å². The van der Waals surface area contributed by atoms with E-state index in [0.717, 1.165) is 16.3 Å². The standard InChI is InChI=1S/C16H22N4O2S/c1-10-11(2)23-15(20-10)9-19-16(17-3)18-8-12-7-13(22-4)5-6-14(12)21/h5-7,21H,8-9H2,1-4H3,(H2,17,18,19). The summed E-state index contributed by atoms with van der Waals surface area (Å²) >= 11 is 1.68. The molecule has 0 atom stereocenters. The van der Waals surface area contributed by atoms with Gasteiger partial charge in [0.2, 0.25) is 0 Å². The number of phenols is 1. The van der Waals surface area contributed by atoms with E-state index in [0.29, 0.717) is 24.8 Å². The molecule has 0 saturated carbocycles. The molecule has 0 saturated heterocycles. The first-order valence-electron chi connectivity index (χ1n) is 7.26. The van der Waals surface area contributed by atoms with Crippen LogP contribution in [0.15, 0.2) is 23.2 Å². The number of rotatable bonds is 5. The van der Waals surface area contributed by atoms with E-state index in [1.807, 2.05) is 6.92 Å². The molecule has 0 aliphatic heterocycles. The van der Waals surface area contributed by atoms with Gasteiger partial charge in [0, 0.05) is 24.0 Å². The van der Waals surface area contributed by atoms with E-state index in [2.05, 4.69) is 27.5 Å². The Labute approximate surface area is 140 Å². The first-order chi connectivity index (χ1) is 11.0. The SMILES string of the molecule is CN=C(NCc1nc(C)c(C)s1)NCc1cc(OC)ccc1O. The Hall–Kier alpha value is -2.28. The number of aliphatic imine (C=N–C) groups is 1. The van der Waals surface area contributed by atoms with Crippen LogP contribution < -0.4 is 15.4 Å². The highest BCUT2D eigenvalue weighted by molar-refractivity contribution is 7.11. The monoisotopic (exact) mass is 334 g/mol. The molecule has 1 heterocycles. The van der Waals surface area contributed by atoms with Crippen LogP contribution in [0.4, 0.5) is 0 Å². The molecule has 0 unspecified atom stereocenters. The van der Waals surface area contributed by atoms with E-state index in [1.165, 1.54) is 4.88 Å². The van der Waals surface area contributed by atoms with Crippen molar-refractivity contribution in [1.82, 2.24) is 15.6 Å². The third kappa shape index (κ3) is 4.59. The molecule has 0 spiro atoms. The van der Waals surface area contributed by atoms with E-state index in [1.54, 1.807) is 43.7 Å². The minimum absolute atomic E-state index is 0.222. The van der Waals surface area contributed by atoms with Crippen molar-refractivity contribution < 1.29 is 9.84 Å². The Morgan fingerprint density at radius 3 is 2.65 bits per heavy atom. The van der Waals surface area contributed by atoms with Crippen molar-refractivity contribution in [2.24, 2.45) is 4.99 Å². The predicted octanol–water partition coefficient (Wildman–Crippen LogP) is 2.34. The van der Waals surface area contributed by atoms with Gasteiger partial charge in [-0.05, 0) is 32.0 Å². The number of nitrogens with one attached hydrogen (secondary N) is 2. The van der Waals surface area contributed by atoms with Crippen molar-refractivity contribution >= 4 is 17.3 Å². The van der Waals surface area contributed by atoms with E-state index in [9.17, 15) is 5.11 Å². The fraction of sp³-hybridized carbons (Fsp3) is 0.375. The zero-order valence-electron chi connectivity index (χ0n) is 13.8. The van der Waals surface area contributed by atoms with Crippen molar-refractivity contribution in [3.63, 3.8) is 0 Å². The Morgan fingerprint density at radius 1 is 1.30 bits per heavy atom. The summed E-state index contributed by atoms with van der Waals surface area (Å²) in [5.74, 6) is 1.58. The average molecular weight is 334 g/mol. The number of hydrogen-bond acceptors (Lipinski definition) is 5. The molecule has 0 radical (unpaired) electrons. The van der Waals surface area contributed by atoms with Gasteiger partial charge in [0.25, 0.3) is 0 Å².